The highest BCUT2D eigenvalue weighted by Crippen LogP contribution is 2.22. The molecule has 2 aromatic carbocycles. The van der Waals surface area contributed by atoms with Gasteiger partial charge in [-0.05, 0) is 36.6 Å². The molecule has 0 bridgehead atoms. The number of esters is 1. The second-order valence-corrected chi connectivity index (χ2v) is 7.48. The van der Waals surface area contributed by atoms with Crippen molar-refractivity contribution in [3.05, 3.63) is 59.7 Å². The number of primary sulfonamides is 1. The molecule has 9 heteroatoms. The van der Waals surface area contributed by atoms with Crippen LogP contribution in [-0.2, 0) is 26.0 Å². The Morgan fingerprint density at radius 3 is 2.46 bits per heavy atom. The Morgan fingerprint density at radius 2 is 1.82 bits per heavy atom. The van der Waals surface area contributed by atoms with Gasteiger partial charge in [-0.2, -0.15) is 0 Å². The van der Waals surface area contributed by atoms with Crippen LogP contribution in [0.5, 0.6) is 5.75 Å². The Kier molecular flexibility index (Phi) is 7.53. The van der Waals surface area contributed by atoms with Gasteiger partial charge in [0.1, 0.15) is 11.3 Å². The number of benzene rings is 2. The standard InChI is InChI=1S/C19H22N2O6S/c1-26-17-10-9-15(28(20,24)25)12-16(17)19(23)27-13-18(22)21-11-5-8-14-6-3-2-4-7-14/h2-4,6-7,9-10,12H,5,8,11,13H2,1H3,(H,21,22)(H2,20,24,25). The number of nitrogens with two attached hydrogens (primary N) is 1. The largest absolute Gasteiger partial charge is 0.496 e. The summed E-state index contributed by atoms with van der Waals surface area (Å²) in [6.07, 6.45) is 1.56. The zero-order valence-corrected chi connectivity index (χ0v) is 16.2. The Balaban J connectivity index is 1.85. The average molecular weight is 406 g/mol. The van der Waals surface area contributed by atoms with Crippen LogP contribution in [0.15, 0.2) is 53.4 Å². The highest BCUT2D eigenvalue weighted by Gasteiger charge is 2.19. The Morgan fingerprint density at radius 1 is 1.11 bits per heavy atom. The van der Waals surface area contributed by atoms with E-state index in [4.69, 9.17) is 14.6 Å². The number of nitrogens with one attached hydrogen (secondary N) is 1. The Hall–Kier alpha value is -2.91. The molecular weight excluding hydrogens is 384 g/mol. The maximum atomic E-state index is 12.2. The third-order valence-electron chi connectivity index (χ3n) is 3.86. The molecule has 0 aliphatic heterocycles. The van der Waals surface area contributed by atoms with Crippen LogP contribution >= 0.6 is 0 Å². The number of rotatable bonds is 9. The van der Waals surface area contributed by atoms with Crippen molar-refractivity contribution < 1.29 is 27.5 Å². The molecule has 0 saturated heterocycles. The van der Waals surface area contributed by atoms with E-state index < -0.39 is 28.5 Å². The number of amides is 1. The van der Waals surface area contributed by atoms with E-state index in [1.54, 1.807) is 0 Å². The molecule has 0 atom stereocenters. The number of hydrogen-bond donors (Lipinski definition) is 2. The number of ether oxygens (including phenoxy) is 2. The van der Waals surface area contributed by atoms with E-state index in [2.05, 4.69) is 5.32 Å². The topological polar surface area (TPSA) is 125 Å². The molecule has 2 aromatic rings. The molecule has 0 unspecified atom stereocenters. The van der Waals surface area contributed by atoms with Gasteiger partial charge in [0, 0.05) is 6.54 Å². The molecule has 28 heavy (non-hydrogen) atoms. The maximum Gasteiger partial charge on any atom is 0.342 e. The lowest BCUT2D eigenvalue weighted by Crippen LogP contribution is -2.30. The van der Waals surface area contributed by atoms with Crippen molar-refractivity contribution >= 4 is 21.9 Å². The number of hydrogen-bond acceptors (Lipinski definition) is 6. The van der Waals surface area contributed by atoms with Crippen LogP contribution < -0.4 is 15.2 Å². The van der Waals surface area contributed by atoms with E-state index in [1.807, 2.05) is 30.3 Å². The van der Waals surface area contributed by atoms with Crippen LogP contribution in [0.25, 0.3) is 0 Å². The molecule has 1 amide bonds. The first-order valence-corrected chi connectivity index (χ1v) is 10.0. The summed E-state index contributed by atoms with van der Waals surface area (Å²) in [5.74, 6) is -1.23. The summed E-state index contributed by atoms with van der Waals surface area (Å²) in [5.41, 5.74) is 1.04. The van der Waals surface area contributed by atoms with Crippen molar-refractivity contribution in [2.45, 2.75) is 17.7 Å². The minimum absolute atomic E-state index is 0.112. The van der Waals surface area contributed by atoms with Crippen LogP contribution in [0.2, 0.25) is 0 Å². The predicted molar refractivity (Wildman–Crippen MR) is 102 cm³/mol. The van der Waals surface area contributed by atoms with Gasteiger partial charge in [0.05, 0.1) is 12.0 Å². The third-order valence-corrected chi connectivity index (χ3v) is 4.77. The molecule has 0 saturated carbocycles. The number of aryl methyl sites for hydroxylation is 1. The van der Waals surface area contributed by atoms with Crippen molar-refractivity contribution in [1.82, 2.24) is 5.32 Å². The monoisotopic (exact) mass is 406 g/mol. The smallest absolute Gasteiger partial charge is 0.342 e. The number of carbonyl (C=O) groups excluding carboxylic acids is 2. The lowest BCUT2D eigenvalue weighted by atomic mass is 10.1. The van der Waals surface area contributed by atoms with Gasteiger partial charge in [-0.25, -0.2) is 18.4 Å². The van der Waals surface area contributed by atoms with Gasteiger partial charge >= 0.3 is 5.97 Å². The van der Waals surface area contributed by atoms with Crippen molar-refractivity contribution in [3.8, 4) is 5.75 Å². The fourth-order valence-corrected chi connectivity index (χ4v) is 2.99. The van der Waals surface area contributed by atoms with Crippen LogP contribution in [-0.4, -0.2) is 40.6 Å². The predicted octanol–water partition coefficient (Wildman–Crippen LogP) is 1.25. The molecule has 8 nitrogen and oxygen atoms in total. The minimum atomic E-state index is -4.00. The van der Waals surface area contributed by atoms with Gasteiger partial charge in [-0.15, -0.1) is 0 Å². The summed E-state index contributed by atoms with van der Waals surface area (Å²) in [4.78, 5) is 23.8. The second kappa shape index (κ2) is 9.86. The van der Waals surface area contributed by atoms with Gasteiger partial charge in [-0.3, -0.25) is 4.79 Å². The molecule has 2 rings (SSSR count). The molecule has 150 valence electrons. The summed E-state index contributed by atoms with van der Waals surface area (Å²) >= 11 is 0. The quantitative estimate of drug-likeness (QED) is 0.477. The van der Waals surface area contributed by atoms with Crippen molar-refractivity contribution in [2.75, 3.05) is 20.3 Å². The average Bonchev–Trinajstić information content (AvgIpc) is 2.69. The first-order valence-electron chi connectivity index (χ1n) is 8.50. The van der Waals surface area contributed by atoms with E-state index in [0.717, 1.165) is 18.9 Å². The SMILES string of the molecule is COc1ccc(S(N)(=O)=O)cc1C(=O)OCC(=O)NCCCc1ccccc1. The Labute approximate surface area is 163 Å². The zero-order valence-electron chi connectivity index (χ0n) is 15.4. The van der Waals surface area contributed by atoms with E-state index >= 15 is 0 Å². The second-order valence-electron chi connectivity index (χ2n) is 5.92. The third kappa shape index (κ3) is 6.36. The van der Waals surface area contributed by atoms with E-state index in [1.165, 1.54) is 24.8 Å². The van der Waals surface area contributed by atoms with E-state index in [0.29, 0.717) is 6.54 Å². The zero-order chi connectivity index (χ0) is 20.6. The molecule has 0 fully saturated rings. The van der Waals surface area contributed by atoms with Gasteiger partial charge < -0.3 is 14.8 Å². The highest BCUT2D eigenvalue weighted by molar-refractivity contribution is 7.89. The molecule has 3 N–H and O–H groups in total. The minimum Gasteiger partial charge on any atom is -0.496 e. The molecule has 0 heterocycles. The maximum absolute atomic E-state index is 12.2. The molecule has 0 aliphatic carbocycles. The van der Waals surface area contributed by atoms with Crippen molar-refractivity contribution in [3.63, 3.8) is 0 Å². The Bertz CT molecular complexity index is 929. The van der Waals surface area contributed by atoms with E-state index in [-0.39, 0.29) is 16.2 Å². The lowest BCUT2D eigenvalue weighted by molar-refractivity contribution is -0.124. The number of sulfonamides is 1. The summed E-state index contributed by atoms with van der Waals surface area (Å²) in [6, 6.07) is 13.4. The molecule has 0 aromatic heterocycles. The fraction of sp³-hybridized carbons (Fsp3) is 0.263. The van der Waals surface area contributed by atoms with Crippen molar-refractivity contribution in [1.29, 1.82) is 0 Å². The first-order chi connectivity index (χ1) is 13.3. The number of carbonyl (C=O) groups is 2. The van der Waals surface area contributed by atoms with Gasteiger partial charge in [-0.1, -0.05) is 30.3 Å². The molecule has 0 radical (unpaired) electrons. The van der Waals surface area contributed by atoms with Gasteiger partial charge in [0.15, 0.2) is 6.61 Å². The summed E-state index contributed by atoms with van der Waals surface area (Å²) in [5, 5.41) is 7.73. The highest BCUT2D eigenvalue weighted by atomic mass is 32.2. The summed E-state index contributed by atoms with van der Waals surface area (Å²) in [7, 11) is -2.67. The van der Waals surface area contributed by atoms with E-state index in [9.17, 15) is 18.0 Å². The van der Waals surface area contributed by atoms with Crippen molar-refractivity contribution in [2.24, 2.45) is 5.14 Å². The van der Waals surface area contributed by atoms with Crippen LogP contribution in [0.4, 0.5) is 0 Å². The molecule has 0 aliphatic rings. The fourth-order valence-electron chi connectivity index (χ4n) is 2.45. The van der Waals surface area contributed by atoms with Gasteiger partial charge in [0.2, 0.25) is 10.0 Å². The first kappa shape index (κ1) is 21.4. The molecular formula is C19H22N2O6S. The lowest BCUT2D eigenvalue weighted by Gasteiger charge is -2.10. The van der Waals surface area contributed by atoms with Gasteiger partial charge in [0.25, 0.3) is 5.91 Å². The van der Waals surface area contributed by atoms with Crippen LogP contribution in [0.1, 0.15) is 22.3 Å². The normalized spacial score (nSPS) is 10.9. The molecule has 0 spiro atoms. The summed E-state index contributed by atoms with van der Waals surface area (Å²) < 4.78 is 32.9. The van der Waals surface area contributed by atoms with Crippen LogP contribution in [0.3, 0.4) is 0 Å². The summed E-state index contributed by atoms with van der Waals surface area (Å²) in [6.45, 7) is -0.0531. The van der Waals surface area contributed by atoms with Crippen LogP contribution in [0, 0.1) is 0 Å². The number of methoxy groups -OCH3 is 1.